The average molecular weight is 315 g/mol. The molecule has 1 heterocycles. The Morgan fingerprint density at radius 3 is 2.87 bits per heavy atom. The van der Waals surface area contributed by atoms with Gasteiger partial charge in [0.2, 0.25) is 0 Å². The van der Waals surface area contributed by atoms with Crippen LogP contribution in [0, 0.1) is 5.92 Å². The highest BCUT2D eigenvalue weighted by molar-refractivity contribution is 5.67. The number of H-pyrrole nitrogens is 1. The minimum Gasteiger partial charge on any atom is -0.493 e. The molecule has 0 radical (unpaired) electrons. The van der Waals surface area contributed by atoms with Crippen LogP contribution in [0.3, 0.4) is 0 Å². The first-order chi connectivity index (χ1) is 11.1. The lowest BCUT2D eigenvalue weighted by molar-refractivity contribution is -0.136. The second-order valence-electron chi connectivity index (χ2n) is 5.63. The minimum atomic E-state index is -0.976. The van der Waals surface area contributed by atoms with Gasteiger partial charge in [0, 0.05) is 12.0 Å². The monoisotopic (exact) mass is 315 g/mol. The molecule has 1 aliphatic rings. The van der Waals surface area contributed by atoms with E-state index in [-0.39, 0.29) is 18.5 Å². The Kier molecular flexibility index (Phi) is 4.36. The van der Waals surface area contributed by atoms with E-state index in [9.17, 15) is 9.59 Å². The summed E-state index contributed by atoms with van der Waals surface area (Å²) in [5.74, 6) is 0.750. The van der Waals surface area contributed by atoms with Gasteiger partial charge in [0.15, 0.2) is 5.82 Å². The predicted molar refractivity (Wildman–Crippen MR) is 82.3 cm³/mol. The quantitative estimate of drug-likeness (QED) is 0.804. The number of nitrogens with one attached hydrogen (secondary N) is 1. The standard InChI is InChI=1S/C16H17N3O4/c20-14(21)7-6-13-16(22)17-15(19-18-13)11-2-1-3-12(8-11)23-9-10-4-5-10/h1-3,8,10H,4-7,9H2,(H,20,21)(H,17,19,22). The number of hydrogen-bond donors (Lipinski definition) is 2. The number of aromatic amines is 1. The molecule has 0 saturated heterocycles. The number of ether oxygens (including phenoxy) is 1. The van der Waals surface area contributed by atoms with E-state index in [2.05, 4.69) is 15.2 Å². The molecule has 7 nitrogen and oxygen atoms in total. The number of nitrogens with zero attached hydrogens (tertiary/aromatic N) is 2. The van der Waals surface area contributed by atoms with Crippen LogP contribution in [-0.2, 0) is 11.2 Å². The molecule has 0 aliphatic heterocycles. The van der Waals surface area contributed by atoms with E-state index >= 15 is 0 Å². The zero-order chi connectivity index (χ0) is 16.2. The molecular weight excluding hydrogens is 298 g/mol. The van der Waals surface area contributed by atoms with Gasteiger partial charge in [0.05, 0.1) is 13.0 Å². The minimum absolute atomic E-state index is 0.0580. The summed E-state index contributed by atoms with van der Waals surface area (Å²) in [5, 5.41) is 16.5. The van der Waals surface area contributed by atoms with E-state index in [1.165, 1.54) is 12.8 Å². The number of aryl methyl sites for hydroxylation is 1. The van der Waals surface area contributed by atoms with Gasteiger partial charge >= 0.3 is 5.97 Å². The maximum Gasteiger partial charge on any atom is 0.303 e. The third-order valence-electron chi connectivity index (χ3n) is 3.63. The molecule has 7 heteroatoms. The van der Waals surface area contributed by atoms with E-state index < -0.39 is 11.5 Å². The number of aromatic nitrogens is 3. The molecule has 0 bridgehead atoms. The largest absolute Gasteiger partial charge is 0.493 e. The van der Waals surface area contributed by atoms with Crippen molar-refractivity contribution in [2.24, 2.45) is 5.92 Å². The highest BCUT2D eigenvalue weighted by Crippen LogP contribution is 2.30. The smallest absolute Gasteiger partial charge is 0.303 e. The Morgan fingerprint density at radius 2 is 2.17 bits per heavy atom. The van der Waals surface area contributed by atoms with Crippen molar-refractivity contribution >= 4 is 5.97 Å². The summed E-state index contributed by atoms with van der Waals surface area (Å²) in [6.45, 7) is 0.708. The third-order valence-corrected chi connectivity index (χ3v) is 3.63. The second-order valence-corrected chi connectivity index (χ2v) is 5.63. The Labute approximate surface area is 132 Å². The van der Waals surface area contributed by atoms with Gasteiger partial charge in [0.1, 0.15) is 11.4 Å². The molecule has 23 heavy (non-hydrogen) atoms. The lowest BCUT2D eigenvalue weighted by Gasteiger charge is -2.07. The number of benzene rings is 1. The number of carboxylic acids is 1. The van der Waals surface area contributed by atoms with Crippen molar-refractivity contribution in [3.63, 3.8) is 0 Å². The number of carboxylic acid groups (broad SMARTS) is 1. The van der Waals surface area contributed by atoms with Gasteiger partial charge in [0.25, 0.3) is 5.56 Å². The van der Waals surface area contributed by atoms with Gasteiger partial charge < -0.3 is 14.8 Å². The lowest BCUT2D eigenvalue weighted by atomic mass is 10.2. The molecule has 3 rings (SSSR count). The van der Waals surface area contributed by atoms with Crippen molar-refractivity contribution in [3.05, 3.63) is 40.3 Å². The zero-order valence-electron chi connectivity index (χ0n) is 12.5. The molecule has 0 amide bonds. The Hall–Kier alpha value is -2.70. The molecule has 1 fully saturated rings. The first-order valence-electron chi connectivity index (χ1n) is 7.53. The molecule has 2 aromatic rings. The van der Waals surface area contributed by atoms with Crippen LogP contribution >= 0.6 is 0 Å². The van der Waals surface area contributed by atoms with Crippen LogP contribution in [-0.4, -0.2) is 32.9 Å². The number of carbonyl (C=O) groups is 1. The van der Waals surface area contributed by atoms with Crippen molar-refractivity contribution < 1.29 is 14.6 Å². The highest BCUT2D eigenvalue weighted by Gasteiger charge is 2.21. The summed E-state index contributed by atoms with van der Waals surface area (Å²) in [4.78, 5) is 25.1. The lowest BCUT2D eigenvalue weighted by Crippen LogP contribution is -2.18. The van der Waals surface area contributed by atoms with Crippen LogP contribution in [0.2, 0.25) is 0 Å². The normalized spacial score (nSPS) is 13.7. The molecule has 0 spiro atoms. The Bertz CT molecular complexity index is 768. The van der Waals surface area contributed by atoms with E-state index in [0.29, 0.717) is 23.9 Å². The summed E-state index contributed by atoms with van der Waals surface area (Å²) in [5.41, 5.74) is 0.408. The van der Waals surface area contributed by atoms with Crippen LogP contribution in [0.25, 0.3) is 11.4 Å². The van der Waals surface area contributed by atoms with Gasteiger partial charge in [-0.1, -0.05) is 12.1 Å². The highest BCUT2D eigenvalue weighted by atomic mass is 16.5. The van der Waals surface area contributed by atoms with Crippen LogP contribution < -0.4 is 10.3 Å². The van der Waals surface area contributed by atoms with Gasteiger partial charge in [-0.15, -0.1) is 10.2 Å². The molecule has 120 valence electrons. The van der Waals surface area contributed by atoms with Crippen molar-refractivity contribution in [1.82, 2.24) is 15.2 Å². The fourth-order valence-electron chi connectivity index (χ4n) is 2.11. The van der Waals surface area contributed by atoms with Crippen molar-refractivity contribution in [3.8, 4) is 17.1 Å². The third kappa shape index (κ3) is 4.15. The zero-order valence-corrected chi connectivity index (χ0v) is 12.5. The number of rotatable bonds is 7. The van der Waals surface area contributed by atoms with Crippen LogP contribution in [0.4, 0.5) is 0 Å². The molecule has 0 unspecified atom stereocenters. The van der Waals surface area contributed by atoms with E-state index in [4.69, 9.17) is 9.84 Å². The van der Waals surface area contributed by atoms with Gasteiger partial charge in [-0.2, -0.15) is 0 Å². The number of aliphatic carboxylic acids is 1. The van der Waals surface area contributed by atoms with E-state index in [0.717, 1.165) is 5.75 Å². The van der Waals surface area contributed by atoms with Crippen LogP contribution in [0.5, 0.6) is 5.75 Å². The van der Waals surface area contributed by atoms with E-state index in [1.807, 2.05) is 12.1 Å². The molecule has 0 atom stereocenters. The summed E-state index contributed by atoms with van der Waals surface area (Å²) >= 11 is 0. The molecule has 2 N–H and O–H groups in total. The fraction of sp³-hybridized carbons (Fsp3) is 0.375. The van der Waals surface area contributed by atoms with Gasteiger partial charge in [-0.25, -0.2) is 0 Å². The maximum atomic E-state index is 12.0. The molecule has 1 aliphatic carbocycles. The fourth-order valence-corrected chi connectivity index (χ4v) is 2.11. The second kappa shape index (κ2) is 6.60. The Morgan fingerprint density at radius 1 is 1.35 bits per heavy atom. The molecule has 1 aromatic heterocycles. The Balaban J connectivity index is 1.75. The van der Waals surface area contributed by atoms with Crippen molar-refractivity contribution in [2.45, 2.75) is 25.7 Å². The predicted octanol–water partition coefficient (Wildman–Crippen LogP) is 1.64. The number of hydrogen-bond acceptors (Lipinski definition) is 5. The molecular formula is C16H17N3O4. The van der Waals surface area contributed by atoms with Crippen molar-refractivity contribution in [2.75, 3.05) is 6.61 Å². The maximum absolute atomic E-state index is 12.0. The summed E-state index contributed by atoms with van der Waals surface area (Å²) < 4.78 is 5.71. The summed E-state index contributed by atoms with van der Waals surface area (Å²) in [7, 11) is 0. The van der Waals surface area contributed by atoms with Crippen molar-refractivity contribution in [1.29, 1.82) is 0 Å². The summed E-state index contributed by atoms with van der Waals surface area (Å²) in [6.07, 6.45) is 2.34. The van der Waals surface area contributed by atoms with Crippen LogP contribution in [0.1, 0.15) is 25.0 Å². The first kappa shape index (κ1) is 15.2. The summed E-state index contributed by atoms with van der Waals surface area (Å²) in [6, 6.07) is 7.30. The van der Waals surface area contributed by atoms with Gasteiger partial charge in [-0.3, -0.25) is 9.59 Å². The van der Waals surface area contributed by atoms with Gasteiger partial charge in [-0.05, 0) is 30.9 Å². The van der Waals surface area contributed by atoms with Crippen LogP contribution in [0.15, 0.2) is 29.1 Å². The molecule has 1 saturated carbocycles. The molecule has 1 aromatic carbocycles. The SMILES string of the molecule is O=C(O)CCc1nnc(-c2cccc(OCC3CC3)c2)[nH]c1=O. The topological polar surface area (TPSA) is 105 Å². The van der Waals surface area contributed by atoms with E-state index in [1.54, 1.807) is 12.1 Å². The average Bonchev–Trinajstić information content (AvgIpc) is 3.36. The first-order valence-corrected chi connectivity index (χ1v) is 7.53.